The van der Waals surface area contributed by atoms with Crippen molar-refractivity contribution in [1.82, 2.24) is 5.32 Å². The first-order chi connectivity index (χ1) is 5.41. The molecule has 0 saturated carbocycles. The molecule has 1 unspecified atom stereocenters. The van der Waals surface area contributed by atoms with Crippen molar-refractivity contribution < 1.29 is 9.47 Å². The fourth-order valence-corrected chi connectivity index (χ4v) is 1.64. The average Bonchev–Trinajstić information content (AvgIpc) is 1.82. The molecule has 0 aromatic carbocycles. The van der Waals surface area contributed by atoms with Crippen LogP contribution in [0.25, 0.3) is 0 Å². The van der Waals surface area contributed by atoms with E-state index in [-0.39, 0.29) is 5.54 Å². The summed E-state index contributed by atoms with van der Waals surface area (Å²) in [6, 6.07) is 0. The van der Waals surface area contributed by atoms with Crippen LogP contribution < -0.4 is 5.32 Å². The molecule has 2 saturated heterocycles. The molecule has 0 amide bonds. The first-order valence-electron chi connectivity index (χ1n) is 4.32. The highest BCUT2D eigenvalue weighted by molar-refractivity contribution is 4.96. The monoisotopic (exact) mass is 157 g/mol. The maximum atomic E-state index is 5.44. The van der Waals surface area contributed by atoms with Crippen LogP contribution in [-0.2, 0) is 9.47 Å². The van der Waals surface area contributed by atoms with Gasteiger partial charge in [-0.2, -0.15) is 0 Å². The van der Waals surface area contributed by atoms with Crippen LogP contribution in [0, 0.1) is 0 Å². The van der Waals surface area contributed by atoms with E-state index in [1.165, 1.54) is 6.42 Å². The van der Waals surface area contributed by atoms with E-state index < -0.39 is 0 Å². The van der Waals surface area contributed by atoms with Gasteiger partial charge in [0, 0.05) is 12.1 Å². The Balaban J connectivity index is 1.86. The van der Waals surface area contributed by atoms with Crippen LogP contribution in [0.3, 0.4) is 0 Å². The highest BCUT2D eigenvalue weighted by atomic mass is 16.5. The quantitative estimate of drug-likeness (QED) is 0.543. The molecule has 1 N–H and O–H groups in total. The number of nitrogens with one attached hydrogen (secondary N) is 1. The van der Waals surface area contributed by atoms with E-state index in [4.69, 9.17) is 9.47 Å². The van der Waals surface area contributed by atoms with Gasteiger partial charge in [-0.1, -0.05) is 0 Å². The zero-order chi connectivity index (χ0) is 7.57. The molecule has 2 heterocycles. The van der Waals surface area contributed by atoms with E-state index in [1.54, 1.807) is 0 Å². The summed E-state index contributed by atoms with van der Waals surface area (Å²) >= 11 is 0. The van der Waals surface area contributed by atoms with Crippen molar-refractivity contribution in [3.05, 3.63) is 0 Å². The highest BCUT2D eigenvalue weighted by Crippen LogP contribution is 2.24. The molecule has 2 aliphatic heterocycles. The van der Waals surface area contributed by atoms with Crippen molar-refractivity contribution >= 4 is 0 Å². The van der Waals surface area contributed by atoms with Gasteiger partial charge in [-0.05, 0) is 19.4 Å². The van der Waals surface area contributed by atoms with E-state index in [0.29, 0.717) is 0 Å². The lowest BCUT2D eigenvalue weighted by atomic mass is 9.85. The summed E-state index contributed by atoms with van der Waals surface area (Å²) in [7, 11) is 0. The lowest BCUT2D eigenvalue weighted by Gasteiger charge is -2.43. The summed E-state index contributed by atoms with van der Waals surface area (Å²) in [5, 5.41) is 3.42. The maximum Gasteiger partial charge on any atom is 0.0701 e. The summed E-state index contributed by atoms with van der Waals surface area (Å²) in [4.78, 5) is 0. The van der Waals surface area contributed by atoms with Crippen LogP contribution in [0.5, 0.6) is 0 Å². The SMILES string of the molecule is C1CC2(CCOCCOC2)N1. The molecule has 2 aliphatic rings. The lowest BCUT2D eigenvalue weighted by molar-refractivity contribution is -0.0419. The molecule has 2 fully saturated rings. The minimum atomic E-state index is 0.278. The van der Waals surface area contributed by atoms with Crippen LogP contribution in [0.4, 0.5) is 0 Å². The fourth-order valence-electron chi connectivity index (χ4n) is 1.64. The zero-order valence-corrected chi connectivity index (χ0v) is 6.77. The largest absolute Gasteiger partial charge is 0.379 e. The third kappa shape index (κ3) is 1.55. The predicted molar refractivity (Wildman–Crippen MR) is 41.6 cm³/mol. The third-order valence-electron chi connectivity index (χ3n) is 2.58. The van der Waals surface area contributed by atoms with Crippen LogP contribution in [-0.4, -0.2) is 38.5 Å². The van der Waals surface area contributed by atoms with E-state index >= 15 is 0 Å². The van der Waals surface area contributed by atoms with Gasteiger partial charge in [0.05, 0.1) is 19.8 Å². The Morgan fingerprint density at radius 1 is 1.00 bits per heavy atom. The number of ether oxygens (including phenoxy) is 2. The van der Waals surface area contributed by atoms with Gasteiger partial charge in [0.15, 0.2) is 0 Å². The van der Waals surface area contributed by atoms with Crippen molar-refractivity contribution in [2.75, 3.05) is 33.0 Å². The topological polar surface area (TPSA) is 30.5 Å². The minimum Gasteiger partial charge on any atom is -0.379 e. The molecule has 1 atom stereocenters. The van der Waals surface area contributed by atoms with Gasteiger partial charge in [-0.25, -0.2) is 0 Å². The van der Waals surface area contributed by atoms with Crippen molar-refractivity contribution in [2.24, 2.45) is 0 Å². The lowest BCUT2D eigenvalue weighted by Crippen LogP contribution is -2.61. The van der Waals surface area contributed by atoms with Crippen molar-refractivity contribution in [3.63, 3.8) is 0 Å². The van der Waals surface area contributed by atoms with E-state index in [1.807, 2.05) is 0 Å². The zero-order valence-electron chi connectivity index (χ0n) is 6.77. The molecule has 11 heavy (non-hydrogen) atoms. The molecule has 3 nitrogen and oxygen atoms in total. The summed E-state index contributed by atoms with van der Waals surface area (Å²) < 4.78 is 10.8. The van der Waals surface area contributed by atoms with Crippen molar-refractivity contribution in [1.29, 1.82) is 0 Å². The Kier molecular flexibility index (Phi) is 2.11. The summed E-state index contributed by atoms with van der Waals surface area (Å²) in [6.45, 7) is 4.41. The maximum absolute atomic E-state index is 5.44. The molecule has 0 aromatic rings. The smallest absolute Gasteiger partial charge is 0.0701 e. The van der Waals surface area contributed by atoms with Gasteiger partial charge in [-0.15, -0.1) is 0 Å². The van der Waals surface area contributed by atoms with Crippen LogP contribution >= 0.6 is 0 Å². The van der Waals surface area contributed by atoms with E-state index in [2.05, 4.69) is 5.32 Å². The molecular formula is C8H15NO2. The minimum absolute atomic E-state index is 0.278. The second-order valence-electron chi connectivity index (χ2n) is 3.37. The number of rotatable bonds is 0. The molecule has 3 heteroatoms. The standard InChI is InChI=1S/C8H15NO2/c1-3-9-8(1)2-4-10-5-6-11-7-8/h9H,1-7H2. The second-order valence-corrected chi connectivity index (χ2v) is 3.37. The van der Waals surface area contributed by atoms with Gasteiger partial charge in [0.1, 0.15) is 0 Å². The highest BCUT2D eigenvalue weighted by Gasteiger charge is 2.36. The Bertz CT molecular complexity index is 124. The Hall–Kier alpha value is -0.120. The normalized spacial score (nSPS) is 39.3. The number of hydrogen-bond acceptors (Lipinski definition) is 3. The van der Waals surface area contributed by atoms with Gasteiger partial charge >= 0.3 is 0 Å². The van der Waals surface area contributed by atoms with Crippen molar-refractivity contribution in [3.8, 4) is 0 Å². The number of hydrogen-bond donors (Lipinski definition) is 1. The van der Waals surface area contributed by atoms with Crippen molar-refractivity contribution in [2.45, 2.75) is 18.4 Å². The third-order valence-corrected chi connectivity index (χ3v) is 2.58. The van der Waals surface area contributed by atoms with Crippen LogP contribution in [0.2, 0.25) is 0 Å². The van der Waals surface area contributed by atoms with Crippen LogP contribution in [0.15, 0.2) is 0 Å². The summed E-state index contributed by atoms with van der Waals surface area (Å²) in [6.07, 6.45) is 2.35. The Morgan fingerprint density at radius 3 is 2.55 bits per heavy atom. The van der Waals surface area contributed by atoms with Gasteiger partial charge in [0.25, 0.3) is 0 Å². The summed E-state index contributed by atoms with van der Waals surface area (Å²) in [5.41, 5.74) is 0.278. The van der Waals surface area contributed by atoms with Gasteiger partial charge < -0.3 is 14.8 Å². The molecule has 0 aliphatic carbocycles. The second kappa shape index (κ2) is 3.09. The van der Waals surface area contributed by atoms with Gasteiger partial charge in [-0.3, -0.25) is 0 Å². The Morgan fingerprint density at radius 2 is 1.82 bits per heavy atom. The molecule has 0 aromatic heterocycles. The molecule has 2 rings (SSSR count). The predicted octanol–water partition coefficient (Wildman–Crippen LogP) is 0.155. The molecule has 64 valence electrons. The molecular weight excluding hydrogens is 142 g/mol. The molecule has 0 bridgehead atoms. The Labute approximate surface area is 67.1 Å². The molecule has 1 spiro atoms. The molecule has 0 radical (unpaired) electrons. The summed E-state index contributed by atoms with van der Waals surface area (Å²) in [5.74, 6) is 0. The first-order valence-corrected chi connectivity index (χ1v) is 4.32. The van der Waals surface area contributed by atoms with E-state index in [0.717, 1.165) is 39.4 Å². The van der Waals surface area contributed by atoms with E-state index in [9.17, 15) is 0 Å². The average molecular weight is 157 g/mol. The van der Waals surface area contributed by atoms with Gasteiger partial charge in [0.2, 0.25) is 0 Å². The fraction of sp³-hybridized carbons (Fsp3) is 1.00. The van der Waals surface area contributed by atoms with Crippen LogP contribution in [0.1, 0.15) is 12.8 Å². The first kappa shape index (κ1) is 7.53.